The number of aliphatic hydroxyl groups excluding tert-OH is 1. The summed E-state index contributed by atoms with van der Waals surface area (Å²) in [6.07, 6.45) is 5.88. The largest absolute Gasteiger partial charge is 0.464 e. The molecule has 0 aromatic carbocycles. The number of ether oxygens (including phenoxy) is 1. The van der Waals surface area contributed by atoms with E-state index in [1.165, 1.54) is 13.4 Å². The number of nitrogens with two attached hydrogens (primary N) is 1. The van der Waals surface area contributed by atoms with Crippen molar-refractivity contribution in [2.24, 2.45) is 0 Å². The monoisotopic (exact) mass is 253 g/mol. The molecule has 0 radical (unpaired) electrons. The van der Waals surface area contributed by atoms with E-state index in [9.17, 15) is 9.90 Å². The summed E-state index contributed by atoms with van der Waals surface area (Å²) in [5.74, 6) is -0.276. The van der Waals surface area contributed by atoms with Gasteiger partial charge >= 0.3 is 5.97 Å². The van der Waals surface area contributed by atoms with Crippen molar-refractivity contribution in [1.82, 2.24) is 9.55 Å². The summed E-state index contributed by atoms with van der Waals surface area (Å²) in [5.41, 5.74) is 6.03. The van der Waals surface area contributed by atoms with Crippen molar-refractivity contribution < 1.29 is 14.6 Å². The molecule has 1 aromatic heterocycles. The highest BCUT2D eigenvalue weighted by Gasteiger charge is 2.27. The number of nitrogen functional groups attached to an aromatic ring is 1. The molecule has 100 valence electrons. The van der Waals surface area contributed by atoms with Crippen molar-refractivity contribution in [3.05, 3.63) is 12.0 Å². The van der Waals surface area contributed by atoms with E-state index >= 15 is 0 Å². The first kappa shape index (κ1) is 12.9. The smallest absolute Gasteiger partial charge is 0.360 e. The van der Waals surface area contributed by atoms with Crippen molar-refractivity contribution in [3.8, 4) is 0 Å². The molecule has 2 unspecified atom stereocenters. The quantitative estimate of drug-likeness (QED) is 0.609. The van der Waals surface area contributed by atoms with Gasteiger partial charge in [0.25, 0.3) is 0 Å². The Kier molecular flexibility index (Phi) is 3.86. The molecule has 2 rings (SSSR count). The Hall–Kier alpha value is -1.56. The maximum atomic E-state index is 11.4. The van der Waals surface area contributed by atoms with Crippen molar-refractivity contribution in [3.63, 3.8) is 0 Å². The number of rotatable bonds is 2. The van der Waals surface area contributed by atoms with Crippen LogP contribution in [0.15, 0.2) is 6.33 Å². The summed E-state index contributed by atoms with van der Waals surface area (Å²) in [6, 6.07) is -0.0987. The second-order valence-electron chi connectivity index (χ2n) is 4.65. The number of nitrogens with zero attached hydrogens (tertiary/aromatic N) is 2. The molecular weight excluding hydrogens is 234 g/mol. The maximum Gasteiger partial charge on any atom is 0.360 e. The van der Waals surface area contributed by atoms with Crippen LogP contribution in [0.3, 0.4) is 0 Å². The number of carbonyl (C=O) groups is 1. The summed E-state index contributed by atoms with van der Waals surface area (Å²) in [4.78, 5) is 15.4. The number of esters is 1. The minimum Gasteiger partial charge on any atom is -0.464 e. The molecule has 2 atom stereocenters. The van der Waals surface area contributed by atoms with E-state index in [-0.39, 0.29) is 17.6 Å². The van der Waals surface area contributed by atoms with Gasteiger partial charge in [0, 0.05) is 0 Å². The van der Waals surface area contributed by atoms with Crippen LogP contribution in [0.25, 0.3) is 0 Å². The second-order valence-corrected chi connectivity index (χ2v) is 4.65. The van der Waals surface area contributed by atoms with Crippen LogP contribution in [0.4, 0.5) is 5.82 Å². The van der Waals surface area contributed by atoms with Gasteiger partial charge in [-0.3, -0.25) is 0 Å². The first-order chi connectivity index (χ1) is 8.65. The van der Waals surface area contributed by atoms with Crippen LogP contribution in [-0.4, -0.2) is 33.8 Å². The van der Waals surface area contributed by atoms with Crippen LogP contribution in [0.1, 0.15) is 48.6 Å². The van der Waals surface area contributed by atoms with Gasteiger partial charge in [0.15, 0.2) is 5.69 Å². The highest BCUT2D eigenvalue weighted by molar-refractivity contribution is 5.92. The standard InChI is InChI=1S/C12H19N3O3/c1-18-12(17)10-11(13)15(7-14-10)8-5-3-2-4-6-9(8)16/h7-9,16H,2-6,13H2,1H3. The van der Waals surface area contributed by atoms with Gasteiger partial charge in [-0.1, -0.05) is 19.3 Å². The van der Waals surface area contributed by atoms with Gasteiger partial charge in [-0.2, -0.15) is 0 Å². The van der Waals surface area contributed by atoms with Crippen molar-refractivity contribution in [2.45, 2.75) is 44.2 Å². The van der Waals surface area contributed by atoms with Gasteiger partial charge < -0.3 is 20.1 Å². The highest BCUT2D eigenvalue weighted by atomic mass is 16.5. The van der Waals surface area contributed by atoms with Crippen LogP contribution >= 0.6 is 0 Å². The summed E-state index contributed by atoms with van der Waals surface area (Å²) in [6.45, 7) is 0. The Labute approximate surface area is 106 Å². The molecule has 0 bridgehead atoms. The first-order valence-corrected chi connectivity index (χ1v) is 6.24. The molecule has 6 nitrogen and oxygen atoms in total. The normalized spacial score (nSPS) is 24.6. The number of aromatic nitrogens is 2. The van der Waals surface area contributed by atoms with Gasteiger partial charge in [0.2, 0.25) is 0 Å². The van der Waals surface area contributed by atoms with Crippen LogP contribution in [-0.2, 0) is 4.74 Å². The van der Waals surface area contributed by atoms with Crippen molar-refractivity contribution in [2.75, 3.05) is 12.8 Å². The maximum absolute atomic E-state index is 11.4. The fraction of sp³-hybridized carbons (Fsp3) is 0.667. The SMILES string of the molecule is COC(=O)c1ncn(C2CCCCCC2O)c1N. The van der Waals surface area contributed by atoms with Crippen molar-refractivity contribution in [1.29, 1.82) is 0 Å². The third-order valence-corrected chi connectivity index (χ3v) is 3.51. The van der Waals surface area contributed by atoms with Gasteiger partial charge in [-0.25, -0.2) is 9.78 Å². The summed E-state index contributed by atoms with van der Waals surface area (Å²) in [5, 5.41) is 10.1. The zero-order chi connectivity index (χ0) is 13.1. The Balaban J connectivity index is 2.27. The van der Waals surface area contributed by atoms with Gasteiger partial charge in [0.1, 0.15) is 5.82 Å². The summed E-state index contributed by atoms with van der Waals surface area (Å²) >= 11 is 0. The lowest BCUT2D eigenvalue weighted by Crippen LogP contribution is -2.24. The number of carbonyl (C=O) groups excluding carboxylic acids is 1. The zero-order valence-corrected chi connectivity index (χ0v) is 10.5. The first-order valence-electron chi connectivity index (χ1n) is 6.24. The number of imidazole rings is 1. The van der Waals surface area contributed by atoms with Crippen LogP contribution in [0, 0.1) is 0 Å². The van der Waals surface area contributed by atoms with Crippen molar-refractivity contribution >= 4 is 11.8 Å². The summed E-state index contributed by atoms with van der Waals surface area (Å²) in [7, 11) is 1.29. The Bertz CT molecular complexity index is 430. The fourth-order valence-corrected chi connectivity index (χ4v) is 2.48. The third-order valence-electron chi connectivity index (χ3n) is 3.51. The Morgan fingerprint density at radius 3 is 2.94 bits per heavy atom. The van der Waals surface area contributed by atoms with E-state index in [2.05, 4.69) is 9.72 Å². The molecule has 1 aliphatic rings. The molecule has 1 aromatic rings. The van der Waals surface area contributed by atoms with Gasteiger partial charge in [0.05, 0.1) is 25.6 Å². The molecule has 0 spiro atoms. The van der Waals surface area contributed by atoms with Gasteiger partial charge in [-0.05, 0) is 12.8 Å². The van der Waals surface area contributed by atoms with E-state index < -0.39 is 12.1 Å². The molecule has 1 fully saturated rings. The zero-order valence-electron chi connectivity index (χ0n) is 10.5. The topological polar surface area (TPSA) is 90.4 Å². The van der Waals surface area contributed by atoms with Crippen LogP contribution < -0.4 is 5.73 Å². The van der Waals surface area contributed by atoms with E-state index in [0.717, 1.165) is 32.1 Å². The number of methoxy groups -OCH3 is 1. The Morgan fingerprint density at radius 2 is 2.22 bits per heavy atom. The van der Waals surface area contributed by atoms with Gasteiger partial charge in [-0.15, -0.1) is 0 Å². The lowest BCUT2D eigenvalue weighted by Gasteiger charge is -2.22. The molecule has 1 aliphatic carbocycles. The highest BCUT2D eigenvalue weighted by Crippen LogP contribution is 2.30. The number of hydrogen-bond donors (Lipinski definition) is 2. The van der Waals surface area contributed by atoms with E-state index in [4.69, 9.17) is 5.73 Å². The molecule has 1 saturated carbocycles. The average molecular weight is 253 g/mol. The lowest BCUT2D eigenvalue weighted by molar-refractivity contribution is 0.0595. The molecule has 6 heteroatoms. The molecule has 1 heterocycles. The van der Waals surface area contributed by atoms with Crippen LogP contribution in [0.5, 0.6) is 0 Å². The molecule has 3 N–H and O–H groups in total. The van der Waals surface area contributed by atoms with Crippen LogP contribution in [0.2, 0.25) is 0 Å². The molecule has 18 heavy (non-hydrogen) atoms. The van der Waals surface area contributed by atoms with E-state index in [1.807, 2.05) is 0 Å². The second kappa shape index (κ2) is 5.39. The minimum absolute atomic E-state index is 0.0987. The number of anilines is 1. The molecular formula is C12H19N3O3. The molecule has 0 amide bonds. The predicted octanol–water partition coefficient (Wildman–Crippen LogP) is 1.12. The third kappa shape index (κ3) is 2.33. The number of hydrogen-bond acceptors (Lipinski definition) is 5. The molecule has 0 saturated heterocycles. The van der Waals surface area contributed by atoms with E-state index in [1.54, 1.807) is 4.57 Å². The average Bonchev–Trinajstić information content (AvgIpc) is 2.61. The minimum atomic E-state index is -0.547. The predicted molar refractivity (Wildman–Crippen MR) is 66.1 cm³/mol. The fourth-order valence-electron chi connectivity index (χ4n) is 2.48. The summed E-state index contributed by atoms with van der Waals surface area (Å²) < 4.78 is 6.31. The number of aliphatic hydroxyl groups is 1. The lowest BCUT2D eigenvalue weighted by atomic mass is 10.1. The Morgan fingerprint density at radius 1 is 1.50 bits per heavy atom. The van der Waals surface area contributed by atoms with E-state index in [0.29, 0.717) is 0 Å². The molecule has 0 aliphatic heterocycles.